The summed E-state index contributed by atoms with van der Waals surface area (Å²) in [7, 11) is 0. The predicted molar refractivity (Wildman–Crippen MR) is 101 cm³/mol. The molecule has 0 saturated carbocycles. The van der Waals surface area contributed by atoms with Crippen LogP contribution in [0.5, 0.6) is 5.75 Å². The van der Waals surface area contributed by atoms with E-state index in [1.807, 2.05) is 66.7 Å². The van der Waals surface area contributed by atoms with Gasteiger partial charge < -0.3 is 14.5 Å². The third-order valence-electron chi connectivity index (χ3n) is 3.44. The molecular formula is C20H19NO3S. The standard InChI is InChI=1S/C20H19NO3S/c22-20(15-25-14-19-7-4-12-23-19)21-17-8-10-18(11-9-17)24-13-16-5-2-1-3-6-16/h1-12H,13-15H2,(H,21,22). The van der Waals surface area contributed by atoms with Gasteiger partial charge in [0.05, 0.1) is 17.8 Å². The second-order valence-corrected chi connectivity index (χ2v) is 6.40. The molecule has 25 heavy (non-hydrogen) atoms. The van der Waals surface area contributed by atoms with Crippen molar-refractivity contribution in [1.29, 1.82) is 0 Å². The highest BCUT2D eigenvalue weighted by atomic mass is 32.2. The summed E-state index contributed by atoms with van der Waals surface area (Å²) in [6.07, 6.45) is 1.64. The SMILES string of the molecule is O=C(CSCc1ccco1)Nc1ccc(OCc2ccccc2)cc1. The van der Waals surface area contributed by atoms with E-state index in [-0.39, 0.29) is 5.91 Å². The van der Waals surface area contributed by atoms with E-state index in [4.69, 9.17) is 9.15 Å². The highest BCUT2D eigenvalue weighted by molar-refractivity contribution is 7.99. The number of hydrogen-bond donors (Lipinski definition) is 1. The number of rotatable bonds is 8. The zero-order valence-corrected chi connectivity index (χ0v) is 14.5. The number of ether oxygens (including phenoxy) is 1. The van der Waals surface area contributed by atoms with Gasteiger partial charge in [0.25, 0.3) is 0 Å². The van der Waals surface area contributed by atoms with E-state index >= 15 is 0 Å². The highest BCUT2D eigenvalue weighted by Gasteiger charge is 2.04. The van der Waals surface area contributed by atoms with E-state index < -0.39 is 0 Å². The Morgan fingerprint density at radius 1 is 1.00 bits per heavy atom. The van der Waals surface area contributed by atoms with Gasteiger partial charge in [-0.05, 0) is 42.0 Å². The molecule has 4 nitrogen and oxygen atoms in total. The number of carbonyl (C=O) groups excluding carboxylic acids is 1. The molecule has 1 aromatic heterocycles. The normalized spacial score (nSPS) is 10.4. The Labute approximate surface area is 151 Å². The van der Waals surface area contributed by atoms with Gasteiger partial charge in [-0.15, -0.1) is 11.8 Å². The fourth-order valence-electron chi connectivity index (χ4n) is 2.21. The zero-order valence-electron chi connectivity index (χ0n) is 13.7. The van der Waals surface area contributed by atoms with E-state index in [1.54, 1.807) is 6.26 Å². The number of thioether (sulfide) groups is 1. The quantitative estimate of drug-likeness (QED) is 0.636. The number of carbonyl (C=O) groups is 1. The predicted octanol–water partition coefficient (Wildman–Crippen LogP) is 4.73. The maximum atomic E-state index is 11.9. The molecule has 0 fully saturated rings. The van der Waals surface area contributed by atoms with Gasteiger partial charge in [0.15, 0.2) is 0 Å². The number of nitrogens with one attached hydrogen (secondary N) is 1. The number of hydrogen-bond acceptors (Lipinski definition) is 4. The maximum Gasteiger partial charge on any atom is 0.234 e. The van der Waals surface area contributed by atoms with E-state index in [1.165, 1.54) is 11.8 Å². The summed E-state index contributed by atoms with van der Waals surface area (Å²) in [6, 6.07) is 21.1. The number of amides is 1. The Morgan fingerprint density at radius 2 is 1.80 bits per heavy atom. The van der Waals surface area contributed by atoms with Gasteiger partial charge in [-0.2, -0.15) is 0 Å². The van der Waals surface area contributed by atoms with Gasteiger partial charge in [0.1, 0.15) is 18.1 Å². The molecule has 1 amide bonds. The van der Waals surface area contributed by atoms with Gasteiger partial charge in [0, 0.05) is 5.69 Å². The van der Waals surface area contributed by atoms with Crippen LogP contribution in [0.2, 0.25) is 0 Å². The maximum absolute atomic E-state index is 11.9. The van der Waals surface area contributed by atoms with Gasteiger partial charge in [-0.1, -0.05) is 30.3 Å². The minimum Gasteiger partial charge on any atom is -0.489 e. The summed E-state index contributed by atoms with van der Waals surface area (Å²) in [6.45, 7) is 0.524. The van der Waals surface area contributed by atoms with Crippen LogP contribution in [0.25, 0.3) is 0 Å². The molecule has 1 heterocycles. The zero-order chi connectivity index (χ0) is 17.3. The molecule has 3 aromatic rings. The van der Waals surface area contributed by atoms with Crippen LogP contribution in [0.3, 0.4) is 0 Å². The Balaban J connectivity index is 1.41. The molecule has 5 heteroatoms. The number of furan rings is 1. The first-order chi connectivity index (χ1) is 12.3. The van der Waals surface area contributed by atoms with Crippen LogP contribution in [0, 0.1) is 0 Å². The van der Waals surface area contributed by atoms with Crippen molar-refractivity contribution in [2.24, 2.45) is 0 Å². The van der Waals surface area contributed by atoms with Crippen molar-refractivity contribution in [2.75, 3.05) is 11.1 Å². The molecular weight excluding hydrogens is 334 g/mol. The molecule has 0 saturated heterocycles. The summed E-state index contributed by atoms with van der Waals surface area (Å²) in [5.74, 6) is 2.68. The third-order valence-corrected chi connectivity index (χ3v) is 4.40. The molecule has 0 aliphatic heterocycles. The lowest BCUT2D eigenvalue weighted by atomic mass is 10.2. The van der Waals surface area contributed by atoms with Crippen molar-refractivity contribution >= 4 is 23.4 Å². The highest BCUT2D eigenvalue weighted by Crippen LogP contribution is 2.18. The van der Waals surface area contributed by atoms with Crippen LogP contribution in [0.1, 0.15) is 11.3 Å². The van der Waals surface area contributed by atoms with Crippen LogP contribution >= 0.6 is 11.8 Å². The van der Waals surface area contributed by atoms with Gasteiger partial charge in [-0.25, -0.2) is 0 Å². The molecule has 0 aliphatic carbocycles. The van der Waals surface area contributed by atoms with Crippen LogP contribution in [-0.4, -0.2) is 11.7 Å². The van der Waals surface area contributed by atoms with Gasteiger partial charge in [0.2, 0.25) is 5.91 Å². The third kappa shape index (κ3) is 5.72. The molecule has 2 aromatic carbocycles. The van der Waals surface area contributed by atoms with E-state index in [2.05, 4.69) is 5.32 Å². The monoisotopic (exact) mass is 353 g/mol. The van der Waals surface area contributed by atoms with Crippen molar-refractivity contribution in [1.82, 2.24) is 0 Å². The van der Waals surface area contributed by atoms with E-state index in [0.717, 1.165) is 22.8 Å². The van der Waals surface area contributed by atoms with Gasteiger partial charge in [-0.3, -0.25) is 4.79 Å². The molecule has 0 bridgehead atoms. The van der Waals surface area contributed by atoms with E-state index in [9.17, 15) is 4.79 Å². The van der Waals surface area contributed by atoms with Crippen LogP contribution < -0.4 is 10.1 Å². The summed E-state index contributed by atoms with van der Waals surface area (Å²) in [5.41, 5.74) is 1.88. The van der Waals surface area contributed by atoms with Gasteiger partial charge >= 0.3 is 0 Å². The first-order valence-electron chi connectivity index (χ1n) is 7.96. The van der Waals surface area contributed by atoms with Crippen molar-refractivity contribution in [3.8, 4) is 5.75 Å². The van der Waals surface area contributed by atoms with E-state index in [0.29, 0.717) is 18.1 Å². The topological polar surface area (TPSA) is 51.5 Å². The fourth-order valence-corrected chi connectivity index (χ4v) is 2.94. The Hall–Kier alpha value is -2.66. The Morgan fingerprint density at radius 3 is 2.52 bits per heavy atom. The van der Waals surface area contributed by atoms with Crippen molar-refractivity contribution < 1.29 is 13.9 Å². The van der Waals surface area contributed by atoms with Crippen molar-refractivity contribution in [2.45, 2.75) is 12.4 Å². The Bertz CT molecular complexity index is 770. The minimum absolute atomic E-state index is 0.0329. The average Bonchev–Trinajstić information content (AvgIpc) is 3.15. The molecule has 0 unspecified atom stereocenters. The van der Waals surface area contributed by atoms with Crippen molar-refractivity contribution in [3.63, 3.8) is 0 Å². The molecule has 3 rings (SSSR count). The lowest BCUT2D eigenvalue weighted by Crippen LogP contribution is -2.14. The number of benzene rings is 2. The van der Waals surface area contributed by atoms with Crippen LogP contribution in [-0.2, 0) is 17.2 Å². The van der Waals surface area contributed by atoms with Crippen molar-refractivity contribution in [3.05, 3.63) is 84.3 Å². The lowest BCUT2D eigenvalue weighted by Gasteiger charge is -2.08. The summed E-state index contributed by atoms with van der Waals surface area (Å²) in [4.78, 5) is 11.9. The molecule has 128 valence electrons. The second kappa shape index (κ2) is 8.99. The van der Waals surface area contributed by atoms with Crippen LogP contribution in [0.4, 0.5) is 5.69 Å². The molecule has 0 atom stereocenters. The average molecular weight is 353 g/mol. The largest absolute Gasteiger partial charge is 0.489 e. The lowest BCUT2D eigenvalue weighted by molar-refractivity contribution is -0.113. The fraction of sp³-hybridized carbons (Fsp3) is 0.150. The second-order valence-electron chi connectivity index (χ2n) is 5.42. The summed E-state index contributed by atoms with van der Waals surface area (Å²) < 4.78 is 11.0. The Kier molecular flexibility index (Phi) is 6.17. The van der Waals surface area contributed by atoms with Crippen LogP contribution in [0.15, 0.2) is 77.4 Å². The number of anilines is 1. The first kappa shape index (κ1) is 17.2. The molecule has 0 spiro atoms. The minimum atomic E-state index is -0.0329. The molecule has 0 radical (unpaired) electrons. The summed E-state index contributed by atoms with van der Waals surface area (Å²) >= 11 is 1.52. The summed E-state index contributed by atoms with van der Waals surface area (Å²) in [5, 5.41) is 2.88. The molecule has 1 N–H and O–H groups in total. The first-order valence-corrected chi connectivity index (χ1v) is 9.12. The smallest absolute Gasteiger partial charge is 0.234 e. The molecule has 0 aliphatic rings.